The van der Waals surface area contributed by atoms with E-state index in [9.17, 15) is 22.8 Å². The molecule has 2 aromatic carbocycles. The van der Waals surface area contributed by atoms with Gasteiger partial charge in [0.1, 0.15) is 0 Å². The van der Waals surface area contributed by atoms with E-state index in [1.165, 1.54) is 15.5 Å². The number of amides is 3. The second-order valence-electron chi connectivity index (χ2n) is 7.81. The van der Waals surface area contributed by atoms with Gasteiger partial charge in [-0.2, -0.15) is 0 Å². The number of nitrogens with one attached hydrogen (secondary N) is 1. The van der Waals surface area contributed by atoms with E-state index in [1.54, 1.807) is 42.5 Å². The Balaban J connectivity index is 1.45. The van der Waals surface area contributed by atoms with Crippen LogP contribution in [0.3, 0.4) is 0 Å². The van der Waals surface area contributed by atoms with Crippen LogP contribution in [0.5, 0.6) is 0 Å². The number of imide groups is 1. The molecule has 0 spiro atoms. The number of fused-ring (bicyclic) bond motifs is 1. The van der Waals surface area contributed by atoms with Crippen molar-refractivity contribution < 1.29 is 22.8 Å². The molecule has 8 nitrogen and oxygen atoms in total. The third-order valence-corrected chi connectivity index (χ3v) is 6.71. The lowest BCUT2D eigenvalue weighted by Crippen LogP contribution is -2.34. The molecular formula is C22H23N3O5S. The summed E-state index contributed by atoms with van der Waals surface area (Å²) in [4.78, 5) is 37.4. The molecule has 2 heterocycles. The second kappa shape index (κ2) is 8.14. The first-order valence-corrected chi connectivity index (χ1v) is 11.9. The van der Waals surface area contributed by atoms with Crippen LogP contribution >= 0.6 is 0 Å². The minimum Gasteiger partial charge on any atom is -0.322 e. The average Bonchev–Trinajstić information content (AvgIpc) is 3.05. The molecule has 2 aliphatic rings. The summed E-state index contributed by atoms with van der Waals surface area (Å²) in [5.74, 6) is -0.620. The highest BCUT2D eigenvalue weighted by atomic mass is 32.2. The molecule has 9 heteroatoms. The van der Waals surface area contributed by atoms with Crippen molar-refractivity contribution in [2.24, 2.45) is 0 Å². The zero-order valence-corrected chi connectivity index (χ0v) is 17.9. The first kappa shape index (κ1) is 21.0. The summed E-state index contributed by atoms with van der Waals surface area (Å²) < 4.78 is 25.4. The van der Waals surface area contributed by atoms with Gasteiger partial charge in [-0.3, -0.25) is 23.6 Å². The van der Waals surface area contributed by atoms with Crippen molar-refractivity contribution in [3.63, 3.8) is 0 Å². The van der Waals surface area contributed by atoms with Gasteiger partial charge in [0, 0.05) is 30.6 Å². The number of carbonyl (C=O) groups is 3. The number of carbonyl (C=O) groups excluding carboxylic acids is 3. The molecule has 3 amide bonds. The van der Waals surface area contributed by atoms with Gasteiger partial charge in [0.15, 0.2) is 0 Å². The number of nitrogens with zero attached hydrogens (tertiary/aromatic N) is 2. The van der Waals surface area contributed by atoms with Crippen molar-refractivity contribution in [2.45, 2.75) is 32.2 Å². The second-order valence-corrected chi connectivity index (χ2v) is 9.71. The van der Waals surface area contributed by atoms with Gasteiger partial charge in [-0.05, 0) is 54.3 Å². The first-order valence-electron chi connectivity index (χ1n) is 10.1. The highest BCUT2D eigenvalue weighted by Gasteiger charge is 2.28. The Bertz CT molecular complexity index is 1140. The molecule has 0 atom stereocenters. The van der Waals surface area contributed by atoms with E-state index in [2.05, 4.69) is 5.32 Å². The number of likely N-dealkylation sites (tertiary alicyclic amines) is 1. The fraction of sp³-hybridized carbons (Fsp3) is 0.318. The molecular weight excluding hydrogens is 418 g/mol. The molecule has 1 saturated heterocycles. The average molecular weight is 442 g/mol. The fourth-order valence-electron chi connectivity index (χ4n) is 3.93. The van der Waals surface area contributed by atoms with E-state index >= 15 is 0 Å². The normalized spacial score (nSPS) is 16.4. The largest absolute Gasteiger partial charge is 0.322 e. The fourth-order valence-corrected chi connectivity index (χ4v) is 4.92. The molecule has 1 N–H and O–H groups in total. The molecule has 0 aromatic heterocycles. The monoisotopic (exact) mass is 441 g/mol. The first-order chi connectivity index (χ1) is 14.7. The molecule has 0 radical (unpaired) electrons. The third kappa shape index (κ3) is 4.46. The highest BCUT2D eigenvalue weighted by Crippen LogP contribution is 2.30. The van der Waals surface area contributed by atoms with Gasteiger partial charge < -0.3 is 5.32 Å². The SMILES string of the molecule is CS(=O)(=O)N1CCCc2cc(C(=O)Nc3ccc(CN4C(=O)CCC4=O)cc3)ccc21. The van der Waals surface area contributed by atoms with Crippen molar-refractivity contribution in [2.75, 3.05) is 22.4 Å². The molecule has 162 valence electrons. The summed E-state index contributed by atoms with van der Waals surface area (Å²) in [6, 6.07) is 12.0. The molecule has 0 bridgehead atoms. The minimum atomic E-state index is -3.35. The summed E-state index contributed by atoms with van der Waals surface area (Å²) in [7, 11) is -3.35. The zero-order chi connectivity index (χ0) is 22.2. The van der Waals surface area contributed by atoms with Gasteiger partial charge in [0.25, 0.3) is 5.91 Å². The van der Waals surface area contributed by atoms with Gasteiger partial charge in [-0.1, -0.05) is 12.1 Å². The smallest absolute Gasteiger partial charge is 0.255 e. The molecule has 0 unspecified atom stereocenters. The lowest BCUT2D eigenvalue weighted by atomic mass is 10.0. The van der Waals surface area contributed by atoms with Gasteiger partial charge in [0.2, 0.25) is 21.8 Å². The Labute approximate surface area is 180 Å². The van der Waals surface area contributed by atoms with Crippen LogP contribution in [0.1, 0.15) is 40.7 Å². The van der Waals surface area contributed by atoms with Crippen LogP contribution in [0.25, 0.3) is 0 Å². The van der Waals surface area contributed by atoms with Crippen molar-refractivity contribution in [1.29, 1.82) is 0 Å². The predicted octanol–water partition coefficient (Wildman–Crippen LogP) is 2.30. The van der Waals surface area contributed by atoms with Gasteiger partial charge >= 0.3 is 0 Å². The third-order valence-electron chi connectivity index (χ3n) is 5.53. The highest BCUT2D eigenvalue weighted by molar-refractivity contribution is 7.92. The van der Waals surface area contributed by atoms with Crippen molar-refractivity contribution in [1.82, 2.24) is 4.90 Å². The molecule has 1 fully saturated rings. The number of aryl methyl sites for hydroxylation is 1. The van der Waals surface area contributed by atoms with Crippen LogP contribution in [0.4, 0.5) is 11.4 Å². The van der Waals surface area contributed by atoms with E-state index in [1.807, 2.05) is 0 Å². The molecule has 0 saturated carbocycles. The number of benzene rings is 2. The number of rotatable bonds is 5. The summed E-state index contributed by atoms with van der Waals surface area (Å²) in [6.07, 6.45) is 3.12. The van der Waals surface area contributed by atoms with Gasteiger partial charge in [-0.25, -0.2) is 8.42 Å². The molecule has 4 rings (SSSR count). The standard InChI is InChI=1S/C22H23N3O5S/c1-31(29,30)25-12-2-3-16-13-17(6-9-19(16)25)22(28)23-18-7-4-15(5-8-18)14-24-20(26)10-11-21(24)27/h4-9,13H,2-3,10-12,14H2,1H3,(H,23,28). The van der Waals surface area contributed by atoms with E-state index in [0.717, 1.165) is 11.1 Å². The topological polar surface area (TPSA) is 104 Å². The van der Waals surface area contributed by atoms with E-state index in [0.29, 0.717) is 36.3 Å². The summed E-state index contributed by atoms with van der Waals surface area (Å²) in [5, 5.41) is 2.83. The van der Waals surface area contributed by atoms with E-state index in [-0.39, 0.29) is 37.1 Å². The van der Waals surface area contributed by atoms with Crippen LogP contribution in [0.2, 0.25) is 0 Å². The summed E-state index contributed by atoms with van der Waals surface area (Å²) in [6.45, 7) is 0.673. The molecule has 0 aliphatic carbocycles. The molecule has 2 aromatic rings. The van der Waals surface area contributed by atoms with Crippen LogP contribution in [-0.4, -0.2) is 43.8 Å². The van der Waals surface area contributed by atoms with Crippen LogP contribution in [0, 0.1) is 0 Å². The van der Waals surface area contributed by atoms with Crippen LogP contribution in [0.15, 0.2) is 42.5 Å². The Morgan fingerprint density at radius 2 is 1.68 bits per heavy atom. The maximum atomic E-state index is 12.7. The summed E-state index contributed by atoms with van der Waals surface area (Å²) >= 11 is 0. The van der Waals surface area contributed by atoms with Crippen LogP contribution in [-0.2, 0) is 32.6 Å². The Morgan fingerprint density at radius 1 is 1.00 bits per heavy atom. The number of anilines is 2. The van der Waals surface area contributed by atoms with Gasteiger partial charge in [-0.15, -0.1) is 0 Å². The van der Waals surface area contributed by atoms with Crippen LogP contribution < -0.4 is 9.62 Å². The van der Waals surface area contributed by atoms with Crippen molar-refractivity contribution in [3.05, 3.63) is 59.2 Å². The van der Waals surface area contributed by atoms with Gasteiger partial charge in [0.05, 0.1) is 18.5 Å². The number of hydrogen-bond acceptors (Lipinski definition) is 5. The molecule has 2 aliphatic heterocycles. The Morgan fingerprint density at radius 3 is 2.32 bits per heavy atom. The lowest BCUT2D eigenvalue weighted by Gasteiger charge is -2.29. The zero-order valence-electron chi connectivity index (χ0n) is 17.1. The maximum absolute atomic E-state index is 12.7. The predicted molar refractivity (Wildman–Crippen MR) is 116 cm³/mol. The maximum Gasteiger partial charge on any atom is 0.255 e. The quantitative estimate of drug-likeness (QED) is 0.717. The number of hydrogen-bond donors (Lipinski definition) is 1. The minimum absolute atomic E-state index is 0.163. The summed E-state index contributed by atoms with van der Waals surface area (Å²) in [5.41, 5.74) is 3.30. The van der Waals surface area contributed by atoms with Crippen molar-refractivity contribution in [3.8, 4) is 0 Å². The Hall–Kier alpha value is -3.20. The van der Waals surface area contributed by atoms with Crippen molar-refractivity contribution >= 4 is 39.1 Å². The molecule has 31 heavy (non-hydrogen) atoms. The van der Waals surface area contributed by atoms with E-state index < -0.39 is 10.0 Å². The van der Waals surface area contributed by atoms with E-state index in [4.69, 9.17) is 0 Å². The number of sulfonamides is 1. The lowest BCUT2D eigenvalue weighted by molar-refractivity contribution is -0.139. The Kier molecular flexibility index (Phi) is 5.53.